The van der Waals surface area contributed by atoms with Crippen molar-refractivity contribution in [3.63, 3.8) is 0 Å². The third-order valence-electron chi connectivity index (χ3n) is 2.39. The molecule has 1 aromatic carbocycles. The number of aliphatic hydroxyl groups excluding tert-OH is 1. The molecule has 0 aromatic heterocycles. The Bertz CT molecular complexity index is 424. The lowest BCUT2D eigenvalue weighted by atomic mass is 10.1. The second-order valence-corrected chi connectivity index (χ2v) is 3.76. The standard InChI is InChI=1S/C12H14F3NO2/c13-9-4-3-8(11(14)12(9)15)5-6-16-10(18)2-1-7-17/h3-4,17H,1-2,5-7H2,(H,16,18). The van der Waals surface area contributed by atoms with Crippen LogP contribution in [0.15, 0.2) is 12.1 Å². The Hall–Kier alpha value is -1.56. The van der Waals surface area contributed by atoms with Gasteiger partial charge in [-0.2, -0.15) is 0 Å². The Labute approximate surface area is 103 Å². The van der Waals surface area contributed by atoms with Crippen molar-refractivity contribution < 1.29 is 23.1 Å². The fraction of sp³-hybridized carbons (Fsp3) is 0.417. The molecule has 0 aliphatic heterocycles. The van der Waals surface area contributed by atoms with E-state index < -0.39 is 17.5 Å². The fourth-order valence-corrected chi connectivity index (χ4v) is 1.42. The molecule has 0 spiro atoms. The average molecular weight is 261 g/mol. The Morgan fingerprint density at radius 3 is 2.61 bits per heavy atom. The van der Waals surface area contributed by atoms with Crippen molar-refractivity contribution in [2.45, 2.75) is 19.3 Å². The number of nitrogens with one attached hydrogen (secondary N) is 1. The van der Waals surface area contributed by atoms with E-state index in [1.807, 2.05) is 0 Å². The molecule has 0 aliphatic carbocycles. The van der Waals surface area contributed by atoms with Gasteiger partial charge in [-0.1, -0.05) is 6.07 Å². The van der Waals surface area contributed by atoms with E-state index in [2.05, 4.69) is 5.32 Å². The molecule has 1 rings (SSSR count). The van der Waals surface area contributed by atoms with Crippen LogP contribution in [0.2, 0.25) is 0 Å². The summed E-state index contributed by atoms with van der Waals surface area (Å²) in [5.74, 6) is -4.23. The maximum Gasteiger partial charge on any atom is 0.220 e. The smallest absolute Gasteiger partial charge is 0.220 e. The normalized spacial score (nSPS) is 10.4. The zero-order valence-corrected chi connectivity index (χ0v) is 9.68. The van der Waals surface area contributed by atoms with Crippen molar-refractivity contribution in [2.75, 3.05) is 13.2 Å². The third kappa shape index (κ3) is 4.03. The minimum atomic E-state index is -1.50. The molecular weight excluding hydrogens is 247 g/mol. The first-order valence-corrected chi connectivity index (χ1v) is 5.56. The van der Waals surface area contributed by atoms with Gasteiger partial charge in [0.2, 0.25) is 5.91 Å². The average Bonchev–Trinajstić information content (AvgIpc) is 2.36. The zero-order valence-electron chi connectivity index (χ0n) is 9.68. The molecule has 2 N–H and O–H groups in total. The number of aliphatic hydroxyl groups is 1. The lowest BCUT2D eigenvalue weighted by molar-refractivity contribution is -0.121. The number of halogens is 3. The van der Waals surface area contributed by atoms with Gasteiger partial charge in [-0.05, 0) is 24.5 Å². The maximum absolute atomic E-state index is 13.2. The van der Waals surface area contributed by atoms with Crippen molar-refractivity contribution in [3.8, 4) is 0 Å². The van der Waals surface area contributed by atoms with Crippen molar-refractivity contribution in [1.29, 1.82) is 0 Å². The maximum atomic E-state index is 13.2. The quantitative estimate of drug-likeness (QED) is 0.763. The minimum absolute atomic E-state index is 0.0105. The summed E-state index contributed by atoms with van der Waals surface area (Å²) in [6.45, 7) is 0.0531. The van der Waals surface area contributed by atoms with Crippen molar-refractivity contribution >= 4 is 5.91 Å². The van der Waals surface area contributed by atoms with E-state index in [4.69, 9.17) is 5.11 Å². The van der Waals surface area contributed by atoms with Gasteiger partial charge < -0.3 is 10.4 Å². The van der Waals surface area contributed by atoms with Crippen LogP contribution in [0.25, 0.3) is 0 Å². The number of carbonyl (C=O) groups is 1. The van der Waals surface area contributed by atoms with Crippen LogP contribution >= 0.6 is 0 Å². The van der Waals surface area contributed by atoms with E-state index >= 15 is 0 Å². The van der Waals surface area contributed by atoms with Gasteiger partial charge in [0.25, 0.3) is 0 Å². The fourth-order valence-electron chi connectivity index (χ4n) is 1.42. The van der Waals surface area contributed by atoms with Crippen molar-refractivity contribution in [3.05, 3.63) is 35.1 Å². The van der Waals surface area contributed by atoms with Crippen LogP contribution in [0, 0.1) is 17.5 Å². The molecule has 0 radical (unpaired) electrons. The first-order valence-electron chi connectivity index (χ1n) is 5.56. The van der Waals surface area contributed by atoms with E-state index in [9.17, 15) is 18.0 Å². The van der Waals surface area contributed by atoms with Crippen LogP contribution in [0.3, 0.4) is 0 Å². The largest absolute Gasteiger partial charge is 0.396 e. The van der Waals surface area contributed by atoms with E-state index in [0.717, 1.165) is 12.1 Å². The Morgan fingerprint density at radius 1 is 1.22 bits per heavy atom. The predicted molar refractivity (Wildman–Crippen MR) is 59.3 cm³/mol. The molecule has 0 bridgehead atoms. The van der Waals surface area contributed by atoms with Crippen LogP contribution < -0.4 is 5.32 Å². The molecule has 0 unspecified atom stereocenters. The highest BCUT2D eigenvalue weighted by Crippen LogP contribution is 2.15. The summed E-state index contributed by atoms with van der Waals surface area (Å²) in [7, 11) is 0. The van der Waals surface area contributed by atoms with E-state index in [1.165, 1.54) is 0 Å². The van der Waals surface area contributed by atoms with E-state index in [0.29, 0.717) is 6.42 Å². The molecule has 3 nitrogen and oxygen atoms in total. The zero-order chi connectivity index (χ0) is 13.5. The van der Waals surface area contributed by atoms with Gasteiger partial charge >= 0.3 is 0 Å². The second-order valence-electron chi connectivity index (χ2n) is 3.76. The summed E-state index contributed by atoms with van der Waals surface area (Å²) >= 11 is 0. The molecule has 18 heavy (non-hydrogen) atoms. The highest BCUT2D eigenvalue weighted by Gasteiger charge is 2.13. The van der Waals surface area contributed by atoms with Gasteiger partial charge in [-0.15, -0.1) is 0 Å². The van der Waals surface area contributed by atoms with E-state index in [-0.39, 0.29) is 37.5 Å². The van der Waals surface area contributed by atoms with Crippen molar-refractivity contribution in [1.82, 2.24) is 5.32 Å². The summed E-state index contributed by atoms with van der Waals surface area (Å²) in [5, 5.41) is 11.0. The van der Waals surface area contributed by atoms with Gasteiger partial charge in [-0.25, -0.2) is 13.2 Å². The number of hydrogen-bond donors (Lipinski definition) is 2. The lowest BCUT2D eigenvalue weighted by Crippen LogP contribution is -2.25. The number of rotatable bonds is 6. The molecule has 6 heteroatoms. The number of carbonyl (C=O) groups excluding carboxylic acids is 1. The van der Waals surface area contributed by atoms with Crippen LogP contribution in [0.4, 0.5) is 13.2 Å². The summed E-state index contributed by atoms with van der Waals surface area (Å²) in [4.78, 5) is 11.1. The lowest BCUT2D eigenvalue weighted by Gasteiger charge is -2.06. The SMILES string of the molecule is O=C(CCCO)NCCc1ccc(F)c(F)c1F. The van der Waals surface area contributed by atoms with Gasteiger partial charge in [0.1, 0.15) is 0 Å². The van der Waals surface area contributed by atoms with Crippen LogP contribution in [0.5, 0.6) is 0 Å². The van der Waals surface area contributed by atoms with Gasteiger partial charge in [-0.3, -0.25) is 4.79 Å². The van der Waals surface area contributed by atoms with Gasteiger partial charge in [0.05, 0.1) is 0 Å². The molecule has 1 amide bonds. The number of benzene rings is 1. The monoisotopic (exact) mass is 261 g/mol. The predicted octanol–water partition coefficient (Wildman–Crippen LogP) is 1.54. The second kappa shape index (κ2) is 7.00. The molecular formula is C12H14F3NO2. The first kappa shape index (κ1) is 14.5. The molecule has 0 saturated carbocycles. The van der Waals surface area contributed by atoms with Crippen LogP contribution in [-0.2, 0) is 11.2 Å². The first-order chi connectivity index (χ1) is 8.56. The Balaban J connectivity index is 2.45. The van der Waals surface area contributed by atoms with Crippen LogP contribution in [-0.4, -0.2) is 24.2 Å². The van der Waals surface area contributed by atoms with Gasteiger partial charge in [0, 0.05) is 19.6 Å². The topological polar surface area (TPSA) is 49.3 Å². The summed E-state index contributed by atoms with van der Waals surface area (Å²) in [5.41, 5.74) is 0.0105. The van der Waals surface area contributed by atoms with E-state index in [1.54, 1.807) is 0 Å². The number of amides is 1. The molecule has 100 valence electrons. The molecule has 0 aliphatic rings. The minimum Gasteiger partial charge on any atom is -0.396 e. The number of hydrogen-bond acceptors (Lipinski definition) is 2. The third-order valence-corrected chi connectivity index (χ3v) is 2.39. The molecule has 0 fully saturated rings. The van der Waals surface area contributed by atoms with Crippen molar-refractivity contribution in [2.24, 2.45) is 0 Å². The highest BCUT2D eigenvalue weighted by molar-refractivity contribution is 5.75. The summed E-state index contributed by atoms with van der Waals surface area (Å²) in [6, 6.07) is 1.99. The van der Waals surface area contributed by atoms with Gasteiger partial charge in [0.15, 0.2) is 17.5 Å². The molecule has 0 atom stereocenters. The molecule has 0 saturated heterocycles. The Kier molecular flexibility index (Phi) is 5.64. The summed E-state index contributed by atoms with van der Waals surface area (Å²) < 4.78 is 38.7. The summed E-state index contributed by atoms with van der Waals surface area (Å²) in [6.07, 6.45) is 0.607. The Morgan fingerprint density at radius 2 is 1.94 bits per heavy atom. The molecule has 0 heterocycles. The molecule has 1 aromatic rings. The van der Waals surface area contributed by atoms with Crippen LogP contribution in [0.1, 0.15) is 18.4 Å². The highest BCUT2D eigenvalue weighted by atomic mass is 19.2.